The fourth-order valence-electron chi connectivity index (χ4n) is 2.62. The van der Waals surface area contributed by atoms with Crippen LogP contribution in [0.25, 0.3) is 11.1 Å². The van der Waals surface area contributed by atoms with Gasteiger partial charge in [0.15, 0.2) is 11.7 Å². The summed E-state index contributed by atoms with van der Waals surface area (Å²) in [5.74, 6) is -2.43. The first-order valence-corrected chi connectivity index (χ1v) is 8.89. The molecule has 0 fully saturated rings. The standard InChI is InChI=1S/C20H19N3O6/c1-13(18(25)21-22-19(26)14-7-3-2-4-8-14)28-17(24)11-12-23-15-9-5-6-10-16(15)29-20(23)27/h2-10,13H,11-12H2,1H3,(H,21,25)(H,22,26)/t13-/m0/s1. The summed E-state index contributed by atoms with van der Waals surface area (Å²) < 4.78 is 11.5. The number of rotatable bonds is 6. The molecular formula is C20H19N3O6. The highest BCUT2D eigenvalue weighted by Crippen LogP contribution is 2.12. The van der Waals surface area contributed by atoms with Crippen LogP contribution in [0.1, 0.15) is 23.7 Å². The summed E-state index contributed by atoms with van der Waals surface area (Å²) in [6.07, 6.45) is -1.26. The third kappa shape index (κ3) is 4.89. The van der Waals surface area contributed by atoms with Gasteiger partial charge >= 0.3 is 11.7 Å². The zero-order valence-electron chi connectivity index (χ0n) is 15.6. The van der Waals surface area contributed by atoms with Crippen molar-refractivity contribution in [3.8, 4) is 0 Å². The minimum atomic E-state index is -1.13. The molecule has 3 rings (SSSR count). The van der Waals surface area contributed by atoms with Crippen molar-refractivity contribution in [3.05, 3.63) is 70.7 Å². The minimum absolute atomic E-state index is 0.0494. The van der Waals surface area contributed by atoms with E-state index in [0.29, 0.717) is 16.7 Å². The zero-order valence-corrected chi connectivity index (χ0v) is 15.6. The van der Waals surface area contributed by atoms with Crippen LogP contribution in [0.3, 0.4) is 0 Å². The van der Waals surface area contributed by atoms with Gasteiger partial charge in [-0.25, -0.2) is 4.79 Å². The SMILES string of the molecule is C[C@H](OC(=O)CCn1c(=O)oc2ccccc21)C(=O)NNC(=O)c1ccccc1. The lowest BCUT2D eigenvalue weighted by molar-refractivity contribution is -0.155. The third-order valence-electron chi connectivity index (χ3n) is 4.13. The number of hydrogen-bond donors (Lipinski definition) is 2. The third-order valence-corrected chi connectivity index (χ3v) is 4.13. The van der Waals surface area contributed by atoms with E-state index in [1.165, 1.54) is 11.5 Å². The highest BCUT2D eigenvalue weighted by atomic mass is 16.5. The highest BCUT2D eigenvalue weighted by Gasteiger charge is 2.19. The molecule has 0 aliphatic rings. The number of benzene rings is 2. The number of amides is 2. The number of carbonyl (C=O) groups is 3. The maximum Gasteiger partial charge on any atom is 0.419 e. The Kier molecular flexibility index (Phi) is 6.08. The summed E-state index contributed by atoms with van der Waals surface area (Å²) in [6, 6.07) is 15.2. The number of carbonyl (C=O) groups excluding carboxylic acids is 3. The molecule has 1 aromatic heterocycles. The van der Waals surface area contributed by atoms with Gasteiger partial charge < -0.3 is 9.15 Å². The second-order valence-electron chi connectivity index (χ2n) is 6.18. The van der Waals surface area contributed by atoms with Crippen molar-refractivity contribution >= 4 is 28.9 Å². The number of esters is 1. The minimum Gasteiger partial charge on any atom is -0.452 e. The van der Waals surface area contributed by atoms with Gasteiger partial charge in [-0.2, -0.15) is 0 Å². The molecule has 0 aliphatic heterocycles. The Balaban J connectivity index is 1.48. The van der Waals surface area contributed by atoms with Crippen LogP contribution in [0, 0.1) is 0 Å². The van der Waals surface area contributed by atoms with E-state index in [0.717, 1.165) is 0 Å². The fourth-order valence-corrected chi connectivity index (χ4v) is 2.62. The van der Waals surface area contributed by atoms with Crippen molar-refractivity contribution in [2.24, 2.45) is 0 Å². The lowest BCUT2D eigenvalue weighted by Gasteiger charge is -2.14. The maximum atomic E-state index is 12.0. The molecule has 0 saturated heterocycles. The number of hydrogen-bond acceptors (Lipinski definition) is 6. The van der Waals surface area contributed by atoms with Crippen LogP contribution in [0.5, 0.6) is 0 Å². The molecule has 2 amide bonds. The van der Waals surface area contributed by atoms with Crippen LogP contribution < -0.4 is 16.6 Å². The molecule has 0 bridgehead atoms. The number of hydrazine groups is 1. The first-order chi connectivity index (χ1) is 14.0. The van der Waals surface area contributed by atoms with Gasteiger partial charge in [-0.1, -0.05) is 30.3 Å². The first kappa shape index (κ1) is 19.9. The largest absolute Gasteiger partial charge is 0.452 e. The highest BCUT2D eigenvalue weighted by molar-refractivity contribution is 5.95. The Labute approximate surface area is 165 Å². The Bertz CT molecular complexity index is 1090. The summed E-state index contributed by atoms with van der Waals surface area (Å²) in [5.41, 5.74) is 5.81. The van der Waals surface area contributed by atoms with E-state index < -0.39 is 29.6 Å². The molecule has 3 aromatic rings. The average molecular weight is 397 g/mol. The fraction of sp³-hybridized carbons (Fsp3) is 0.200. The number of para-hydroxylation sites is 2. The lowest BCUT2D eigenvalue weighted by Crippen LogP contribution is -2.46. The molecule has 0 unspecified atom stereocenters. The summed E-state index contributed by atoms with van der Waals surface area (Å²) in [6.45, 7) is 1.43. The van der Waals surface area contributed by atoms with Gasteiger partial charge in [0.1, 0.15) is 0 Å². The van der Waals surface area contributed by atoms with Crippen LogP contribution in [0.4, 0.5) is 0 Å². The van der Waals surface area contributed by atoms with E-state index >= 15 is 0 Å². The van der Waals surface area contributed by atoms with E-state index in [4.69, 9.17) is 9.15 Å². The number of ether oxygens (including phenoxy) is 1. The van der Waals surface area contributed by atoms with Gasteiger partial charge in [-0.3, -0.25) is 29.8 Å². The number of fused-ring (bicyclic) bond motifs is 1. The van der Waals surface area contributed by atoms with Crippen LogP contribution in [-0.2, 0) is 20.9 Å². The van der Waals surface area contributed by atoms with Crippen molar-refractivity contribution in [2.45, 2.75) is 26.0 Å². The first-order valence-electron chi connectivity index (χ1n) is 8.89. The van der Waals surface area contributed by atoms with Crippen LogP contribution in [-0.4, -0.2) is 28.5 Å². The van der Waals surface area contributed by atoms with Crippen molar-refractivity contribution < 1.29 is 23.5 Å². The van der Waals surface area contributed by atoms with Crippen LogP contribution >= 0.6 is 0 Å². The predicted molar refractivity (Wildman–Crippen MR) is 103 cm³/mol. The number of nitrogens with zero attached hydrogens (tertiary/aromatic N) is 1. The molecule has 0 saturated carbocycles. The Morgan fingerprint density at radius 1 is 1.03 bits per heavy atom. The van der Waals surface area contributed by atoms with Gasteiger partial charge in [-0.15, -0.1) is 0 Å². The van der Waals surface area contributed by atoms with Crippen molar-refractivity contribution in [1.82, 2.24) is 15.4 Å². The van der Waals surface area contributed by atoms with Crippen molar-refractivity contribution in [2.75, 3.05) is 0 Å². The lowest BCUT2D eigenvalue weighted by atomic mass is 10.2. The predicted octanol–water partition coefficient (Wildman–Crippen LogP) is 1.38. The van der Waals surface area contributed by atoms with Gasteiger partial charge in [0.05, 0.1) is 11.9 Å². The molecule has 150 valence electrons. The quantitative estimate of drug-likeness (QED) is 0.479. The molecular weight excluding hydrogens is 378 g/mol. The summed E-state index contributed by atoms with van der Waals surface area (Å²) in [4.78, 5) is 47.8. The summed E-state index contributed by atoms with van der Waals surface area (Å²) in [5, 5.41) is 0. The molecule has 2 aromatic carbocycles. The molecule has 9 nitrogen and oxygen atoms in total. The summed E-state index contributed by atoms with van der Waals surface area (Å²) in [7, 11) is 0. The maximum absolute atomic E-state index is 12.0. The van der Waals surface area contributed by atoms with Crippen molar-refractivity contribution in [1.29, 1.82) is 0 Å². The molecule has 29 heavy (non-hydrogen) atoms. The van der Waals surface area contributed by atoms with Gasteiger partial charge in [0.2, 0.25) is 0 Å². The van der Waals surface area contributed by atoms with E-state index in [1.807, 2.05) is 0 Å². The normalized spacial score (nSPS) is 11.6. The molecule has 2 N–H and O–H groups in total. The van der Waals surface area contributed by atoms with E-state index in [1.54, 1.807) is 54.6 Å². The van der Waals surface area contributed by atoms with Crippen LogP contribution in [0.2, 0.25) is 0 Å². The van der Waals surface area contributed by atoms with Gasteiger partial charge in [-0.05, 0) is 31.2 Å². The molecule has 1 atom stereocenters. The number of aryl methyl sites for hydroxylation is 1. The molecule has 0 spiro atoms. The van der Waals surface area contributed by atoms with E-state index in [2.05, 4.69) is 10.9 Å². The zero-order chi connectivity index (χ0) is 20.8. The number of aromatic nitrogens is 1. The monoisotopic (exact) mass is 397 g/mol. The van der Waals surface area contributed by atoms with E-state index in [-0.39, 0.29) is 13.0 Å². The average Bonchev–Trinajstić information content (AvgIpc) is 3.05. The Hall–Kier alpha value is -3.88. The Morgan fingerprint density at radius 2 is 1.72 bits per heavy atom. The topological polar surface area (TPSA) is 120 Å². The molecule has 0 aliphatic carbocycles. The van der Waals surface area contributed by atoms with Crippen molar-refractivity contribution in [3.63, 3.8) is 0 Å². The smallest absolute Gasteiger partial charge is 0.419 e. The second-order valence-corrected chi connectivity index (χ2v) is 6.18. The summed E-state index contributed by atoms with van der Waals surface area (Å²) >= 11 is 0. The molecule has 9 heteroatoms. The molecule has 1 heterocycles. The Morgan fingerprint density at radius 3 is 2.48 bits per heavy atom. The van der Waals surface area contributed by atoms with E-state index in [9.17, 15) is 19.2 Å². The molecule has 0 radical (unpaired) electrons. The van der Waals surface area contributed by atoms with Gasteiger partial charge in [0.25, 0.3) is 11.8 Å². The van der Waals surface area contributed by atoms with Crippen LogP contribution in [0.15, 0.2) is 63.8 Å². The second kappa shape index (κ2) is 8.87. The van der Waals surface area contributed by atoms with Gasteiger partial charge in [0, 0.05) is 12.1 Å². The number of oxazole rings is 1. The number of nitrogens with one attached hydrogen (secondary N) is 2.